The maximum absolute atomic E-state index is 6.12. The Labute approximate surface area is 128 Å². The van der Waals surface area contributed by atoms with Crippen molar-refractivity contribution in [2.45, 2.75) is 13.3 Å². The Hall–Kier alpha value is -0.350. The number of aryl methyl sites for hydroxylation is 1. The molecule has 0 bridgehead atoms. The average molecular weight is 366 g/mol. The van der Waals surface area contributed by atoms with Crippen LogP contribution in [0.5, 0.6) is 0 Å². The van der Waals surface area contributed by atoms with Crippen LogP contribution in [0.4, 0.5) is 0 Å². The standard InChI is InChI=1S/C12H8BrCl3N2/c1-2-9-10(13)11(16)18-12(17-9)7-5-6(14)3-4-8(7)15/h3-5H,2H2,1H3. The minimum Gasteiger partial charge on any atom is -0.232 e. The Balaban J connectivity index is 2.64. The molecule has 0 aliphatic carbocycles. The van der Waals surface area contributed by atoms with Crippen LogP contribution in [0.15, 0.2) is 22.7 Å². The van der Waals surface area contributed by atoms with E-state index >= 15 is 0 Å². The SMILES string of the molecule is CCc1nc(-c2cc(Cl)ccc2Cl)nc(Cl)c1Br. The van der Waals surface area contributed by atoms with Gasteiger partial charge in [-0.05, 0) is 40.5 Å². The third kappa shape index (κ3) is 2.80. The Kier molecular flexibility index (Phi) is 4.49. The molecule has 2 nitrogen and oxygen atoms in total. The van der Waals surface area contributed by atoms with Crippen molar-refractivity contribution < 1.29 is 0 Å². The first kappa shape index (κ1) is 14.1. The zero-order valence-corrected chi connectivity index (χ0v) is 13.2. The molecular formula is C12H8BrCl3N2. The molecule has 2 aromatic rings. The van der Waals surface area contributed by atoms with Crippen LogP contribution in [-0.4, -0.2) is 9.97 Å². The summed E-state index contributed by atoms with van der Waals surface area (Å²) in [5, 5.41) is 1.49. The van der Waals surface area contributed by atoms with Gasteiger partial charge in [0, 0.05) is 10.6 Å². The summed E-state index contributed by atoms with van der Waals surface area (Å²) in [4.78, 5) is 8.66. The van der Waals surface area contributed by atoms with Gasteiger partial charge in [-0.25, -0.2) is 9.97 Å². The van der Waals surface area contributed by atoms with E-state index in [1.54, 1.807) is 18.2 Å². The summed E-state index contributed by atoms with van der Waals surface area (Å²) in [5.41, 5.74) is 1.51. The predicted molar refractivity (Wildman–Crippen MR) is 79.6 cm³/mol. The molecule has 0 aliphatic rings. The molecule has 0 saturated heterocycles. The lowest BCUT2D eigenvalue weighted by molar-refractivity contribution is 0.991. The molecule has 0 unspecified atom stereocenters. The minimum absolute atomic E-state index is 0.368. The van der Waals surface area contributed by atoms with Crippen molar-refractivity contribution in [3.05, 3.63) is 43.6 Å². The van der Waals surface area contributed by atoms with E-state index in [2.05, 4.69) is 25.9 Å². The molecule has 0 fully saturated rings. The predicted octanol–water partition coefficient (Wildman–Crippen LogP) is 5.43. The van der Waals surface area contributed by atoms with Gasteiger partial charge in [-0.2, -0.15) is 0 Å². The van der Waals surface area contributed by atoms with Gasteiger partial charge < -0.3 is 0 Å². The monoisotopic (exact) mass is 364 g/mol. The van der Waals surface area contributed by atoms with E-state index in [-0.39, 0.29) is 0 Å². The van der Waals surface area contributed by atoms with Gasteiger partial charge >= 0.3 is 0 Å². The smallest absolute Gasteiger partial charge is 0.162 e. The Morgan fingerprint density at radius 2 is 1.89 bits per heavy atom. The number of hydrogen-bond donors (Lipinski definition) is 0. The van der Waals surface area contributed by atoms with Crippen LogP contribution in [0.3, 0.4) is 0 Å². The summed E-state index contributed by atoms with van der Waals surface area (Å²) in [7, 11) is 0. The van der Waals surface area contributed by atoms with Crippen LogP contribution in [0.1, 0.15) is 12.6 Å². The summed E-state index contributed by atoms with van der Waals surface area (Å²) < 4.78 is 0.716. The van der Waals surface area contributed by atoms with Crippen molar-refractivity contribution in [2.75, 3.05) is 0 Å². The molecule has 0 N–H and O–H groups in total. The normalized spacial score (nSPS) is 10.7. The van der Waals surface area contributed by atoms with Crippen LogP contribution < -0.4 is 0 Å². The average Bonchev–Trinajstić information content (AvgIpc) is 2.35. The lowest BCUT2D eigenvalue weighted by Crippen LogP contribution is -1.98. The van der Waals surface area contributed by atoms with Gasteiger partial charge in [0.05, 0.1) is 15.2 Å². The van der Waals surface area contributed by atoms with Crippen molar-refractivity contribution in [3.8, 4) is 11.4 Å². The van der Waals surface area contributed by atoms with E-state index in [1.165, 1.54) is 0 Å². The fourth-order valence-electron chi connectivity index (χ4n) is 1.49. The summed E-state index contributed by atoms with van der Waals surface area (Å²) in [6, 6.07) is 5.15. The van der Waals surface area contributed by atoms with Gasteiger partial charge in [0.25, 0.3) is 0 Å². The van der Waals surface area contributed by atoms with Crippen LogP contribution in [0.2, 0.25) is 15.2 Å². The number of hydrogen-bond acceptors (Lipinski definition) is 2. The molecule has 0 aliphatic heterocycles. The van der Waals surface area contributed by atoms with E-state index in [1.807, 2.05) is 6.92 Å². The maximum atomic E-state index is 6.12. The second-order valence-electron chi connectivity index (χ2n) is 3.58. The number of aromatic nitrogens is 2. The highest BCUT2D eigenvalue weighted by molar-refractivity contribution is 9.10. The zero-order valence-electron chi connectivity index (χ0n) is 9.35. The van der Waals surface area contributed by atoms with Crippen LogP contribution in [-0.2, 0) is 6.42 Å². The summed E-state index contributed by atoms with van der Waals surface area (Å²) in [6.45, 7) is 1.99. The van der Waals surface area contributed by atoms with E-state index in [0.717, 1.165) is 12.1 Å². The molecule has 18 heavy (non-hydrogen) atoms. The first-order valence-corrected chi connectivity index (χ1v) is 7.13. The molecule has 2 rings (SSSR count). The first-order chi connectivity index (χ1) is 8.52. The summed E-state index contributed by atoms with van der Waals surface area (Å²) >= 11 is 21.5. The molecule has 1 heterocycles. The molecule has 6 heteroatoms. The van der Waals surface area contributed by atoms with Gasteiger partial charge in [0.2, 0.25) is 0 Å². The molecule has 0 amide bonds. The lowest BCUT2D eigenvalue weighted by atomic mass is 10.2. The molecule has 1 aromatic heterocycles. The van der Waals surface area contributed by atoms with Crippen molar-refractivity contribution >= 4 is 50.7 Å². The number of halogens is 4. The van der Waals surface area contributed by atoms with Crippen LogP contribution in [0.25, 0.3) is 11.4 Å². The highest BCUT2D eigenvalue weighted by Crippen LogP contribution is 2.32. The summed E-state index contributed by atoms with van der Waals surface area (Å²) in [6.07, 6.45) is 0.744. The van der Waals surface area contributed by atoms with Crippen molar-refractivity contribution in [1.82, 2.24) is 9.97 Å². The van der Waals surface area contributed by atoms with Gasteiger partial charge in [-0.15, -0.1) is 0 Å². The van der Waals surface area contributed by atoms with Gasteiger partial charge in [-0.1, -0.05) is 41.7 Å². The quantitative estimate of drug-likeness (QED) is 0.663. The molecule has 0 atom stereocenters. The second kappa shape index (κ2) is 5.74. The number of nitrogens with zero attached hydrogens (tertiary/aromatic N) is 2. The molecule has 0 saturated carbocycles. The second-order valence-corrected chi connectivity index (χ2v) is 5.57. The van der Waals surface area contributed by atoms with Crippen molar-refractivity contribution in [2.24, 2.45) is 0 Å². The van der Waals surface area contributed by atoms with Crippen molar-refractivity contribution in [3.63, 3.8) is 0 Å². The molecule has 1 aromatic carbocycles. The Morgan fingerprint density at radius 1 is 1.17 bits per heavy atom. The molecule has 94 valence electrons. The van der Waals surface area contributed by atoms with E-state index < -0.39 is 0 Å². The third-order valence-electron chi connectivity index (χ3n) is 2.38. The summed E-state index contributed by atoms with van der Waals surface area (Å²) in [5.74, 6) is 0.479. The van der Waals surface area contributed by atoms with Gasteiger partial charge in [0.1, 0.15) is 5.15 Å². The number of benzene rings is 1. The third-order valence-corrected chi connectivity index (χ3v) is 4.28. The fraction of sp³-hybridized carbons (Fsp3) is 0.167. The van der Waals surface area contributed by atoms with Gasteiger partial charge in [0.15, 0.2) is 5.82 Å². The molecular weight excluding hydrogens is 358 g/mol. The van der Waals surface area contributed by atoms with Crippen LogP contribution in [0, 0.1) is 0 Å². The Bertz CT molecular complexity index is 602. The lowest BCUT2D eigenvalue weighted by Gasteiger charge is -2.08. The highest BCUT2D eigenvalue weighted by Gasteiger charge is 2.13. The first-order valence-electron chi connectivity index (χ1n) is 5.20. The number of rotatable bonds is 2. The van der Waals surface area contributed by atoms with E-state index in [0.29, 0.717) is 31.1 Å². The molecule has 0 radical (unpaired) electrons. The zero-order chi connectivity index (χ0) is 13.3. The Morgan fingerprint density at radius 3 is 2.56 bits per heavy atom. The molecule has 0 spiro atoms. The largest absolute Gasteiger partial charge is 0.232 e. The topological polar surface area (TPSA) is 25.8 Å². The van der Waals surface area contributed by atoms with Crippen molar-refractivity contribution in [1.29, 1.82) is 0 Å². The van der Waals surface area contributed by atoms with E-state index in [9.17, 15) is 0 Å². The maximum Gasteiger partial charge on any atom is 0.162 e. The van der Waals surface area contributed by atoms with Gasteiger partial charge in [-0.3, -0.25) is 0 Å². The van der Waals surface area contributed by atoms with Crippen LogP contribution >= 0.6 is 50.7 Å². The fourth-order valence-corrected chi connectivity index (χ4v) is 2.51. The van der Waals surface area contributed by atoms with E-state index in [4.69, 9.17) is 34.8 Å². The highest BCUT2D eigenvalue weighted by atomic mass is 79.9. The minimum atomic E-state index is 0.368.